The summed E-state index contributed by atoms with van der Waals surface area (Å²) in [5.74, 6) is -1.72. The minimum atomic E-state index is -3.77. The van der Waals surface area contributed by atoms with Crippen molar-refractivity contribution in [2.24, 2.45) is 0 Å². The van der Waals surface area contributed by atoms with Crippen molar-refractivity contribution in [3.8, 4) is 5.75 Å². The lowest BCUT2D eigenvalue weighted by molar-refractivity contribution is 0.0747. The molecule has 10 nitrogen and oxygen atoms in total. The van der Waals surface area contributed by atoms with E-state index in [0.717, 1.165) is 15.1 Å². The zero-order valence-electron chi connectivity index (χ0n) is 18.3. The van der Waals surface area contributed by atoms with E-state index in [0.29, 0.717) is 24.9 Å². The first-order valence-corrected chi connectivity index (χ1v) is 12.4. The number of nitrogens with zero attached hydrogens (tertiary/aromatic N) is 5. The second-order valence-electron chi connectivity index (χ2n) is 8.55. The van der Waals surface area contributed by atoms with Crippen molar-refractivity contribution < 1.29 is 22.7 Å². The standard InChI is InChI=1S/C21H21ClFN5O5S/c1-25-7-8-27-16-15(18(29)17(27)21(25)31)20(30)28(10-11-3-6-14(23)13(22)9-11)24-19(16)26(2)34(32,33)12-4-5-12/h3,6,9,12,29H,4-5,7-8,10H2,1-2H3. The molecule has 2 aromatic heterocycles. The first kappa shape index (κ1) is 22.7. The molecule has 0 unspecified atom stereocenters. The largest absolute Gasteiger partial charge is 0.505 e. The third-order valence-electron chi connectivity index (χ3n) is 6.26. The molecule has 1 N–H and O–H groups in total. The van der Waals surface area contributed by atoms with Gasteiger partial charge in [0, 0.05) is 27.2 Å². The molecule has 1 saturated carbocycles. The van der Waals surface area contributed by atoms with E-state index in [-0.39, 0.29) is 40.5 Å². The predicted molar refractivity (Wildman–Crippen MR) is 123 cm³/mol. The van der Waals surface area contributed by atoms with Gasteiger partial charge in [-0.05, 0) is 30.5 Å². The Bertz CT molecular complexity index is 1530. The van der Waals surface area contributed by atoms with Crippen LogP contribution < -0.4 is 9.86 Å². The Labute approximate surface area is 198 Å². The van der Waals surface area contributed by atoms with Gasteiger partial charge in [0.15, 0.2) is 17.3 Å². The van der Waals surface area contributed by atoms with E-state index in [1.54, 1.807) is 7.05 Å². The molecule has 1 aromatic carbocycles. The molecule has 1 amide bonds. The van der Waals surface area contributed by atoms with E-state index in [2.05, 4.69) is 5.10 Å². The van der Waals surface area contributed by atoms with Crippen LogP contribution in [0.3, 0.4) is 0 Å². The van der Waals surface area contributed by atoms with Crippen molar-refractivity contribution in [1.29, 1.82) is 0 Å². The van der Waals surface area contributed by atoms with Gasteiger partial charge in [0.1, 0.15) is 16.7 Å². The monoisotopic (exact) mass is 509 g/mol. The fourth-order valence-corrected chi connectivity index (χ4v) is 5.94. The number of hydrogen-bond donors (Lipinski definition) is 1. The van der Waals surface area contributed by atoms with Crippen molar-refractivity contribution in [1.82, 2.24) is 19.2 Å². The van der Waals surface area contributed by atoms with Crippen LogP contribution in [0.2, 0.25) is 5.02 Å². The minimum Gasteiger partial charge on any atom is -0.505 e. The topological polar surface area (TPSA) is 118 Å². The van der Waals surface area contributed by atoms with E-state index in [1.165, 1.54) is 28.6 Å². The zero-order valence-corrected chi connectivity index (χ0v) is 19.9. The Morgan fingerprint density at radius 1 is 1.26 bits per heavy atom. The molecule has 0 spiro atoms. The van der Waals surface area contributed by atoms with Gasteiger partial charge in [0.2, 0.25) is 10.0 Å². The second kappa shape index (κ2) is 7.70. The summed E-state index contributed by atoms with van der Waals surface area (Å²) in [6, 6.07) is 3.91. The minimum absolute atomic E-state index is 0.0754. The van der Waals surface area contributed by atoms with E-state index >= 15 is 0 Å². The molecule has 0 atom stereocenters. The second-order valence-corrected chi connectivity index (χ2v) is 11.2. The highest BCUT2D eigenvalue weighted by molar-refractivity contribution is 7.93. The molecule has 5 rings (SSSR count). The summed E-state index contributed by atoms with van der Waals surface area (Å²) < 4.78 is 43.2. The maximum absolute atomic E-state index is 13.6. The lowest BCUT2D eigenvalue weighted by Crippen LogP contribution is -2.38. The van der Waals surface area contributed by atoms with Crippen molar-refractivity contribution in [3.63, 3.8) is 0 Å². The van der Waals surface area contributed by atoms with Crippen LogP contribution in [-0.2, 0) is 23.1 Å². The van der Waals surface area contributed by atoms with Crippen LogP contribution in [0.15, 0.2) is 23.0 Å². The predicted octanol–water partition coefficient (Wildman–Crippen LogP) is 1.76. The number of fused-ring (bicyclic) bond motifs is 3. The number of likely N-dealkylation sites (N-methyl/N-ethyl adjacent to an activating group) is 1. The number of anilines is 1. The first-order chi connectivity index (χ1) is 16.0. The van der Waals surface area contributed by atoms with Gasteiger partial charge in [0.25, 0.3) is 11.5 Å². The summed E-state index contributed by atoms with van der Waals surface area (Å²) >= 11 is 5.87. The van der Waals surface area contributed by atoms with Crippen molar-refractivity contribution >= 4 is 44.3 Å². The third kappa shape index (κ3) is 3.35. The average molecular weight is 510 g/mol. The number of halogens is 2. The number of carbonyl (C=O) groups is 1. The van der Waals surface area contributed by atoms with Crippen LogP contribution in [0.5, 0.6) is 5.75 Å². The molecule has 0 bridgehead atoms. The molecule has 180 valence electrons. The zero-order chi connectivity index (χ0) is 24.5. The van der Waals surface area contributed by atoms with Gasteiger partial charge in [-0.25, -0.2) is 17.5 Å². The van der Waals surface area contributed by atoms with Gasteiger partial charge < -0.3 is 14.6 Å². The quantitative estimate of drug-likeness (QED) is 0.560. The Morgan fingerprint density at radius 2 is 1.97 bits per heavy atom. The summed E-state index contributed by atoms with van der Waals surface area (Å²) in [6.07, 6.45) is 1.04. The van der Waals surface area contributed by atoms with E-state index in [1.807, 2.05) is 0 Å². The van der Waals surface area contributed by atoms with Gasteiger partial charge in [-0.1, -0.05) is 17.7 Å². The van der Waals surface area contributed by atoms with Gasteiger partial charge in [0.05, 0.1) is 16.8 Å². The van der Waals surface area contributed by atoms with Gasteiger partial charge in [-0.2, -0.15) is 0 Å². The van der Waals surface area contributed by atoms with E-state index in [4.69, 9.17) is 11.6 Å². The molecule has 0 saturated heterocycles. The molecule has 3 aromatic rings. The van der Waals surface area contributed by atoms with Crippen LogP contribution in [-0.4, -0.2) is 64.6 Å². The molecule has 3 heterocycles. The fraction of sp³-hybridized carbons (Fsp3) is 0.381. The highest BCUT2D eigenvalue weighted by Crippen LogP contribution is 2.39. The lowest BCUT2D eigenvalue weighted by Gasteiger charge is -2.26. The normalized spacial score (nSPS) is 16.2. The van der Waals surface area contributed by atoms with Gasteiger partial charge >= 0.3 is 0 Å². The van der Waals surface area contributed by atoms with Crippen LogP contribution >= 0.6 is 11.6 Å². The number of carbonyl (C=O) groups excluding carboxylic acids is 1. The smallest absolute Gasteiger partial charge is 0.280 e. The molecule has 1 aliphatic carbocycles. The molecule has 2 aliphatic rings. The Morgan fingerprint density at radius 3 is 2.62 bits per heavy atom. The first-order valence-electron chi connectivity index (χ1n) is 10.6. The number of rotatable bonds is 5. The van der Waals surface area contributed by atoms with Gasteiger partial charge in [-0.3, -0.25) is 13.9 Å². The summed E-state index contributed by atoms with van der Waals surface area (Å²) in [4.78, 5) is 27.6. The van der Waals surface area contributed by atoms with Gasteiger partial charge in [-0.15, -0.1) is 5.10 Å². The molecule has 13 heteroatoms. The number of aromatic nitrogens is 3. The maximum atomic E-state index is 13.6. The number of amides is 1. The maximum Gasteiger partial charge on any atom is 0.280 e. The van der Waals surface area contributed by atoms with Crippen LogP contribution in [0, 0.1) is 5.82 Å². The molecule has 0 radical (unpaired) electrons. The Kier molecular flexibility index (Phi) is 5.13. The number of benzene rings is 1. The fourth-order valence-electron chi connectivity index (χ4n) is 4.19. The number of hydrogen-bond acceptors (Lipinski definition) is 6. The Balaban J connectivity index is 1.78. The highest BCUT2D eigenvalue weighted by Gasteiger charge is 2.41. The molecule has 1 fully saturated rings. The molecular weight excluding hydrogens is 489 g/mol. The average Bonchev–Trinajstić information content (AvgIpc) is 3.60. The molecule has 1 aliphatic heterocycles. The third-order valence-corrected chi connectivity index (χ3v) is 8.80. The lowest BCUT2D eigenvalue weighted by atomic mass is 10.2. The molecule has 34 heavy (non-hydrogen) atoms. The Hall–Kier alpha value is -3.12. The van der Waals surface area contributed by atoms with E-state index in [9.17, 15) is 27.5 Å². The highest BCUT2D eigenvalue weighted by atomic mass is 35.5. The number of sulfonamides is 1. The van der Waals surface area contributed by atoms with Crippen molar-refractivity contribution in [3.05, 3.63) is 50.7 Å². The SMILES string of the molecule is CN1CCn2c(c(O)c3c(=O)n(Cc4ccc(F)c(Cl)c4)nc(N(C)S(=O)(=O)C4CC4)c32)C1=O. The summed E-state index contributed by atoms with van der Waals surface area (Å²) in [6.45, 7) is 0.398. The van der Waals surface area contributed by atoms with E-state index < -0.39 is 38.3 Å². The summed E-state index contributed by atoms with van der Waals surface area (Å²) in [5.41, 5.74) is -0.285. The van der Waals surface area contributed by atoms with Crippen LogP contribution in [0.1, 0.15) is 28.9 Å². The van der Waals surface area contributed by atoms with Crippen molar-refractivity contribution in [2.75, 3.05) is 24.9 Å². The molecular formula is C21H21ClFN5O5S. The van der Waals surface area contributed by atoms with Crippen molar-refractivity contribution in [2.45, 2.75) is 31.2 Å². The summed E-state index contributed by atoms with van der Waals surface area (Å²) in [7, 11) is -0.860. The summed E-state index contributed by atoms with van der Waals surface area (Å²) in [5, 5.41) is 14.4. The van der Waals surface area contributed by atoms with Crippen LogP contribution in [0.25, 0.3) is 10.9 Å². The van der Waals surface area contributed by atoms with Crippen LogP contribution in [0.4, 0.5) is 10.2 Å². The number of aromatic hydroxyl groups is 1.